The summed E-state index contributed by atoms with van der Waals surface area (Å²) in [5, 5.41) is 0. The molecule has 0 aromatic heterocycles. The molecular weight excluding hydrogens is 358 g/mol. The Hall–Kier alpha value is -0.840. The largest absolute Gasteiger partial charge is 0.488 e. The Balaban J connectivity index is 2.06. The highest BCUT2D eigenvalue weighted by Crippen LogP contribution is 2.28. The van der Waals surface area contributed by atoms with Gasteiger partial charge in [0.25, 0.3) is 0 Å². The van der Waals surface area contributed by atoms with Crippen LogP contribution in [0.4, 0.5) is 0 Å². The van der Waals surface area contributed by atoms with Crippen molar-refractivity contribution < 1.29 is 4.74 Å². The van der Waals surface area contributed by atoms with Gasteiger partial charge in [-0.05, 0) is 45.3 Å². The molecule has 0 amide bonds. The Labute approximate surface area is 123 Å². The zero-order valence-electron chi connectivity index (χ0n) is 9.70. The van der Waals surface area contributed by atoms with Gasteiger partial charge in [-0.25, -0.2) is 0 Å². The Bertz CT molecular complexity index is 543. The molecule has 0 saturated heterocycles. The molecule has 0 spiro atoms. The van der Waals surface area contributed by atoms with Gasteiger partial charge in [0.15, 0.2) is 0 Å². The zero-order chi connectivity index (χ0) is 13.0. The van der Waals surface area contributed by atoms with E-state index in [9.17, 15) is 0 Å². The van der Waals surface area contributed by atoms with Gasteiger partial charge >= 0.3 is 0 Å². The van der Waals surface area contributed by atoms with E-state index in [4.69, 9.17) is 10.5 Å². The first-order valence-electron chi connectivity index (χ1n) is 5.55. The Morgan fingerprint density at radius 2 is 1.78 bits per heavy atom. The number of nitrogens with two attached hydrogens (primary N) is 1. The van der Waals surface area contributed by atoms with E-state index in [0.717, 1.165) is 25.8 Å². The predicted molar refractivity (Wildman–Crippen MR) is 80.5 cm³/mol. The average Bonchev–Trinajstić information content (AvgIpc) is 2.38. The van der Waals surface area contributed by atoms with E-state index in [-0.39, 0.29) is 0 Å². The summed E-state index contributed by atoms with van der Waals surface area (Å²) < 4.78 is 7.73. The molecule has 2 aromatic rings. The molecule has 2 aromatic carbocycles. The standard InChI is InChI=1S/C14H13Br2NO/c15-12-4-5-14(13(16)7-12)18-9-11-3-1-2-10(6-11)8-17/h1-7H,8-9,17H2. The van der Waals surface area contributed by atoms with Crippen molar-refractivity contribution in [1.82, 2.24) is 0 Å². The number of hydrogen-bond acceptors (Lipinski definition) is 2. The van der Waals surface area contributed by atoms with Gasteiger partial charge in [-0.3, -0.25) is 0 Å². The monoisotopic (exact) mass is 369 g/mol. The van der Waals surface area contributed by atoms with Crippen molar-refractivity contribution in [2.45, 2.75) is 13.2 Å². The van der Waals surface area contributed by atoms with E-state index in [1.165, 1.54) is 0 Å². The topological polar surface area (TPSA) is 35.2 Å². The van der Waals surface area contributed by atoms with Crippen molar-refractivity contribution in [2.75, 3.05) is 0 Å². The first-order chi connectivity index (χ1) is 8.69. The third-order valence-corrected chi connectivity index (χ3v) is 3.63. The molecule has 0 atom stereocenters. The smallest absolute Gasteiger partial charge is 0.134 e. The van der Waals surface area contributed by atoms with Crippen molar-refractivity contribution >= 4 is 31.9 Å². The van der Waals surface area contributed by atoms with Crippen LogP contribution in [0.2, 0.25) is 0 Å². The molecule has 18 heavy (non-hydrogen) atoms. The van der Waals surface area contributed by atoms with Gasteiger partial charge in [-0.1, -0.05) is 40.2 Å². The SMILES string of the molecule is NCc1cccc(COc2ccc(Br)cc2Br)c1. The lowest BCUT2D eigenvalue weighted by Crippen LogP contribution is -2.00. The van der Waals surface area contributed by atoms with Gasteiger partial charge in [0.05, 0.1) is 4.47 Å². The summed E-state index contributed by atoms with van der Waals surface area (Å²) in [6.45, 7) is 1.09. The fourth-order valence-electron chi connectivity index (χ4n) is 1.60. The van der Waals surface area contributed by atoms with Crippen molar-refractivity contribution in [3.63, 3.8) is 0 Å². The lowest BCUT2D eigenvalue weighted by Gasteiger charge is -2.09. The van der Waals surface area contributed by atoms with Crippen molar-refractivity contribution in [2.24, 2.45) is 5.73 Å². The van der Waals surface area contributed by atoms with Crippen LogP contribution < -0.4 is 10.5 Å². The molecule has 0 fully saturated rings. The number of ether oxygens (including phenoxy) is 1. The van der Waals surface area contributed by atoms with Crippen LogP contribution in [0.3, 0.4) is 0 Å². The molecule has 4 heteroatoms. The fraction of sp³-hybridized carbons (Fsp3) is 0.143. The maximum absolute atomic E-state index is 5.77. The fourth-order valence-corrected chi connectivity index (χ4v) is 2.76. The summed E-state index contributed by atoms with van der Waals surface area (Å²) in [6, 6.07) is 14.0. The maximum atomic E-state index is 5.77. The molecule has 2 N–H and O–H groups in total. The average molecular weight is 371 g/mol. The highest BCUT2D eigenvalue weighted by Gasteiger charge is 2.02. The molecule has 0 unspecified atom stereocenters. The van der Waals surface area contributed by atoms with Crippen LogP contribution in [0.5, 0.6) is 5.75 Å². The third kappa shape index (κ3) is 3.57. The van der Waals surface area contributed by atoms with Crippen LogP contribution in [0, 0.1) is 0 Å². The third-order valence-electron chi connectivity index (χ3n) is 2.52. The molecule has 0 radical (unpaired) electrons. The summed E-state index contributed by atoms with van der Waals surface area (Å²) in [4.78, 5) is 0. The Morgan fingerprint density at radius 3 is 2.50 bits per heavy atom. The molecule has 0 aliphatic carbocycles. The summed E-state index contributed by atoms with van der Waals surface area (Å²) in [7, 11) is 0. The molecular formula is C14H13Br2NO. The minimum absolute atomic E-state index is 0.536. The molecule has 94 valence electrons. The van der Waals surface area contributed by atoms with Crippen molar-refractivity contribution in [3.05, 3.63) is 62.5 Å². The lowest BCUT2D eigenvalue weighted by molar-refractivity contribution is 0.304. The van der Waals surface area contributed by atoms with E-state index < -0.39 is 0 Å². The molecule has 0 aliphatic rings. The first kappa shape index (κ1) is 13.6. The van der Waals surface area contributed by atoms with Crippen LogP contribution in [0.15, 0.2) is 51.4 Å². The van der Waals surface area contributed by atoms with Gasteiger partial charge in [-0.2, -0.15) is 0 Å². The van der Waals surface area contributed by atoms with Crippen LogP contribution in [-0.4, -0.2) is 0 Å². The quantitative estimate of drug-likeness (QED) is 0.873. The van der Waals surface area contributed by atoms with Gasteiger partial charge < -0.3 is 10.5 Å². The van der Waals surface area contributed by atoms with Gasteiger partial charge in [0.2, 0.25) is 0 Å². The Morgan fingerprint density at radius 1 is 1.00 bits per heavy atom. The molecule has 0 aliphatic heterocycles. The molecule has 0 bridgehead atoms. The van der Waals surface area contributed by atoms with E-state index in [0.29, 0.717) is 13.2 Å². The minimum Gasteiger partial charge on any atom is -0.488 e. The van der Waals surface area contributed by atoms with Gasteiger partial charge in [0, 0.05) is 11.0 Å². The second-order valence-electron chi connectivity index (χ2n) is 3.89. The summed E-state index contributed by atoms with van der Waals surface area (Å²) in [5.41, 5.74) is 7.85. The summed E-state index contributed by atoms with van der Waals surface area (Å²) in [5.74, 6) is 0.830. The van der Waals surface area contributed by atoms with E-state index in [1.54, 1.807) is 0 Å². The van der Waals surface area contributed by atoms with Crippen molar-refractivity contribution in [3.8, 4) is 5.75 Å². The summed E-state index contributed by atoms with van der Waals surface area (Å²) in [6.07, 6.45) is 0. The number of hydrogen-bond donors (Lipinski definition) is 1. The number of rotatable bonds is 4. The van der Waals surface area contributed by atoms with E-state index in [1.807, 2.05) is 36.4 Å². The first-order valence-corrected chi connectivity index (χ1v) is 7.13. The number of benzene rings is 2. The normalized spacial score (nSPS) is 10.4. The minimum atomic E-state index is 0.536. The van der Waals surface area contributed by atoms with Crippen LogP contribution >= 0.6 is 31.9 Å². The Kier molecular flexibility index (Phi) is 4.80. The molecule has 2 rings (SSSR count). The van der Waals surface area contributed by atoms with Gasteiger partial charge in [0.1, 0.15) is 12.4 Å². The van der Waals surface area contributed by atoms with E-state index in [2.05, 4.69) is 37.9 Å². The highest BCUT2D eigenvalue weighted by molar-refractivity contribution is 9.11. The second-order valence-corrected chi connectivity index (χ2v) is 5.66. The van der Waals surface area contributed by atoms with Crippen LogP contribution in [0.25, 0.3) is 0 Å². The summed E-state index contributed by atoms with van der Waals surface area (Å²) >= 11 is 6.89. The zero-order valence-corrected chi connectivity index (χ0v) is 12.9. The molecule has 0 heterocycles. The van der Waals surface area contributed by atoms with Crippen LogP contribution in [-0.2, 0) is 13.2 Å². The van der Waals surface area contributed by atoms with Crippen molar-refractivity contribution in [1.29, 1.82) is 0 Å². The van der Waals surface area contributed by atoms with Crippen LogP contribution in [0.1, 0.15) is 11.1 Å². The molecule has 0 saturated carbocycles. The van der Waals surface area contributed by atoms with E-state index >= 15 is 0 Å². The molecule has 2 nitrogen and oxygen atoms in total. The number of halogens is 2. The van der Waals surface area contributed by atoms with Gasteiger partial charge in [-0.15, -0.1) is 0 Å². The predicted octanol–water partition coefficient (Wildman–Crippen LogP) is 4.25. The second kappa shape index (κ2) is 6.36. The maximum Gasteiger partial charge on any atom is 0.134 e. The highest BCUT2D eigenvalue weighted by atomic mass is 79.9. The lowest BCUT2D eigenvalue weighted by atomic mass is 10.1.